The van der Waals surface area contributed by atoms with Crippen LogP contribution >= 0.6 is 0 Å². The van der Waals surface area contributed by atoms with Gasteiger partial charge in [0, 0.05) is 19.5 Å². The van der Waals surface area contributed by atoms with Crippen molar-refractivity contribution in [3.8, 4) is 0 Å². The molecular formula is C19H33N3O2. The van der Waals surface area contributed by atoms with E-state index in [0.717, 1.165) is 18.5 Å². The summed E-state index contributed by atoms with van der Waals surface area (Å²) < 4.78 is 1.61. The van der Waals surface area contributed by atoms with Gasteiger partial charge in [-0.15, -0.1) is 0 Å². The fraction of sp³-hybridized carbons (Fsp3) is 0.737. The van der Waals surface area contributed by atoms with E-state index in [1.165, 1.54) is 44.9 Å². The van der Waals surface area contributed by atoms with Crippen LogP contribution in [-0.2, 0) is 16.6 Å². The first-order chi connectivity index (χ1) is 11.5. The number of hydrogen-bond acceptors (Lipinski definition) is 3. The van der Waals surface area contributed by atoms with Crippen molar-refractivity contribution in [1.29, 1.82) is 0 Å². The van der Waals surface area contributed by atoms with Gasteiger partial charge in [-0.1, -0.05) is 58.3 Å². The third kappa shape index (κ3) is 8.85. The molecule has 0 bridgehead atoms. The molecule has 1 amide bonds. The Morgan fingerprint density at radius 2 is 1.62 bits per heavy atom. The van der Waals surface area contributed by atoms with Gasteiger partial charge in [0.25, 0.3) is 0 Å². The van der Waals surface area contributed by atoms with Gasteiger partial charge in [-0.25, -0.2) is 0 Å². The zero-order valence-corrected chi connectivity index (χ0v) is 15.6. The molecule has 24 heavy (non-hydrogen) atoms. The van der Waals surface area contributed by atoms with Crippen LogP contribution in [0.5, 0.6) is 0 Å². The quantitative estimate of drug-likeness (QED) is 0.425. The molecule has 0 saturated carbocycles. The van der Waals surface area contributed by atoms with Gasteiger partial charge in [-0.3, -0.25) is 14.3 Å². The van der Waals surface area contributed by atoms with Crippen LogP contribution in [0, 0.1) is 6.92 Å². The van der Waals surface area contributed by atoms with E-state index in [4.69, 9.17) is 0 Å². The summed E-state index contributed by atoms with van der Waals surface area (Å²) in [6.45, 7) is 4.10. The standard InChI is InChI=1S/C19H33N3O2/c1-4-5-6-7-8-9-10-11-12-13-17(23)15-19(24)20-18-14-16(2)21-22(18)3/h14H,4-13,15H2,1-3H3,(H,20,24). The van der Waals surface area contributed by atoms with Crippen LogP contribution in [0.4, 0.5) is 5.82 Å². The van der Waals surface area contributed by atoms with Crippen molar-refractivity contribution in [3.05, 3.63) is 11.8 Å². The molecule has 0 unspecified atom stereocenters. The topological polar surface area (TPSA) is 64.0 Å². The highest BCUT2D eigenvalue weighted by atomic mass is 16.2. The van der Waals surface area contributed by atoms with Gasteiger partial charge in [0.15, 0.2) is 0 Å². The molecule has 0 aliphatic rings. The summed E-state index contributed by atoms with van der Waals surface area (Å²) >= 11 is 0. The number of Topliss-reactive ketones (excluding diaryl/α,β-unsaturated/α-hetero) is 1. The number of aromatic nitrogens is 2. The van der Waals surface area contributed by atoms with Crippen LogP contribution in [0.2, 0.25) is 0 Å². The number of ketones is 1. The van der Waals surface area contributed by atoms with E-state index in [2.05, 4.69) is 17.3 Å². The Balaban J connectivity index is 2.05. The molecule has 1 rings (SSSR count). The average Bonchev–Trinajstić information content (AvgIpc) is 2.83. The number of rotatable bonds is 13. The molecule has 0 radical (unpaired) electrons. The molecule has 0 aromatic carbocycles. The maximum Gasteiger partial charge on any atom is 0.232 e. The van der Waals surface area contributed by atoms with Crippen LogP contribution < -0.4 is 5.32 Å². The molecule has 0 saturated heterocycles. The molecular weight excluding hydrogens is 302 g/mol. The van der Waals surface area contributed by atoms with Crippen molar-refractivity contribution in [2.75, 3.05) is 5.32 Å². The smallest absolute Gasteiger partial charge is 0.232 e. The molecule has 1 N–H and O–H groups in total. The Hall–Kier alpha value is -1.65. The van der Waals surface area contributed by atoms with Crippen molar-refractivity contribution < 1.29 is 9.59 Å². The number of carbonyl (C=O) groups is 2. The lowest BCUT2D eigenvalue weighted by molar-refractivity contribution is -0.125. The first-order valence-corrected chi connectivity index (χ1v) is 9.35. The zero-order valence-electron chi connectivity index (χ0n) is 15.6. The van der Waals surface area contributed by atoms with Gasteiger partial charge in [-0.2, -0.15) is 5.10 Å². The number of aryl methyl sites for hydroxylation is 2. The van der Waals surface area contributed by atoms with Crippen LogP contribution in [0.15, 0.2) is 6.07 Å². The minimum atomic E-state index is -0.251. The number of carbonyl (C=O) groups excluding carboxylic acids is 2. The molecule has 1 heterocycles. The largest absolute Gasteiger partial charge is 0.311 e. The van der Waals surface area contributed by atoms with Crippen LogP contribution in [-0.4, -0.2) is 21.5 Å². The Kier molecular flexibility index (Phi) is 10.0. The Morgan fingerprint density at radius 1 is 1.04 bits per heavy atom. The highest BCUT2D eigenvalue weighted by Crippen LogP contribution is 2.12. The third-order valence-electron chi connectivity index (χ3n) is 4.19. The van der Waals surface area contributed by atoms with Crippen molar-refractivity contribution in [3.63, 3.8) is 0 Å². The van der Waals surface area contributed by atoms with Gasteiger partial charge in [-0.05, 0) is 13.3 Å². The van der Waals surface area contributed by atoms with Crippen LogP contribution in [0.25, 0.3) is 0 Å². The predicted octanol–water partition coefficient (Wildman–Crippen LogP) is 4.55. The highest BCUT2D eigenvalue weighted by molar-refractivity contribution is 6.03. The second kappa shape index (κ2) is 11.8. The zero-order chi connectivity index (χ0) is 17.8. The minimum Gasteiger partial charge on any atom is -0.311 e. The maximum atomic E-state index is 11.9. The van der Waals surface area contributed by atoms with Gasteiger partial charge in [0.2, 0.25) is 5.91 Å². The molecule has 0 fully saturated rings. The van der Waals surface area contributed by atoms with Crippen LogP contribution in [0.1, 0.15) is 83.2 Å². The average molecular weight is 335 g/mol. The van der Waals surface area contributed by atoms with E-state index in [-0.39, 0.29) is 18.1 Å². The van der Waals surface area contributed by atoms with Gasteiger partial charge >= 0.3 is 0 Å². The third-order valence-corrected chi connectivity index (χ3v) is 4.19. The number of nitrogens with one attached hydrogen (secondary N) is 1. The van der Waals surface area contributed by atoms with E-state index in [0.29, 0.717) is 12.2 Å². The molecule has 0 spiro atoms. The fourth-order valence-corrected chi connectivity index (χ4v) is 2.81. The lowest BCUT2D eigenvalue weighted by Gasteiger charge is -2.05. The molecule has 136 valence electrons. The second-order valence-electron chi connectivity index (χ2n) is 6.64. The number of unbranched alkanes of at least 4 members (excludes halogenated alkanes) is 8. The fourth-order valence-electron chi connectivity index (χ4n) is 2.81. The molecule has 5 nitrogen and oxygen atoms in total. The van der Waals surface area contributed by atoms with E-state index in [1.54, 1.807) is 17.8 Å². The summed E-state index contributed by atoms with van der Waals surface area (Å²) in [6.07, 6.45) is 11.5. The number of nitrogens with zero attached hydrogens (tertiary/aromatic N) is 2. The lowest BCUT2D eigenvalue weighted by Crippen LogP contribution is -2.18. The first-order valence-electron chi connectivity index (χ1n) is 9.35. The number of amides is 1. The van der Waals surface area contributed by atoms with Crippen molar-refractivity contribution >= 4 is 17.5 Å². The molecule has 1 aromatic heterocycles. The van der Waals surface area contributed by atoms with Gasteiger partial charge in [0.05, 0.1) is 12.1 Å². The van der Waals surface area contributed by atoms with Gasteiger partial charge < -0.3 is 5.32 Å². The molecule has 1 aromatic rings. The van der Waals surface area contributed by atoms with Gasteiger partial charge in [0.1, 0.15) is 11.6 Å². The number of hydrogen-bond donors (Lipinski definition) is 1. The molecule has 5 heteroatoms. The monoisotopic (exact) mass is 335 g/mol. The first kappa shape index (κ1) is 20.4. The molecule has 0 atom stereocenters. The van der Waals surface area contributed by atoms with E-state index < -0.39 is 0 Å². The van der Waals surface area contributed by atoms with Crippen molar-refractivity contribution in [2.45, 2.75) is 84.5 Å². The summed E-state index contributed by atoms with van der Waals surface area (Å²) in [6, 6.07) is 1.79. The predicted molar refractivity (Wildman–Crippen MR) is 98.0 cm³/mol. The van der Waals surface area contributed by atoms with Crippen molar-refractivity contribution in [2.24, 2.45) is 7.05 Å². The Morgan fingerprint density at radius 3 is 2.17 bits per heavy atom. The van der Waals surface area contributed by atoms with Crippen LogP contribution in [0.3, 0.4) is 0 Å². The maximum absolute atomic E-state index is 11.9. The van der Waals surface area contributed by atoms with E-state index in [9.17, 15) is 9.59 Å². The van der Waals surface area contributed by atoms with Crippen molar-refractivity contribution in [1.82, 2.24) is 9.78 Å². The molecule has 0 aliphatic heterocycles. The second-order valence-corrected chi connectivity index (χ2v) is 6.64. The summed E-state index contributed by atoms with van der Waals surface area (Å²) in [7, 11) is 1.77. The summed E-state index contributed by atoms with van der Waals surface area (Å²) in [4.78, 5) is 23.7. The SMILES string of the molecule is CCCCCCCCCCCC(=O)CC(=O)Nc1cc(C)nn1C. The Bertz CT molecular complexity index is 509. The highest BCUT2D eigenvalue weighted by Gasteiger charge is 2.11. The number of anilines is 1. The Labute approximate surface area is 146 Å². The van der Waals surface area contributed by atoms with E-state index >= 15 is 0 Å². The van der Waals surface area contributed by atoms with E-state index in [1.807, 2.05) is 6.92 Å². The normalized spacial score (nSPS) is 10.8. The summed E-state index contributed by atoms with van der Waals surface area (Å²) in [5, 5.41) is 6.90. The summed E-state index contributed by atoms with van der Waals surface area (Å²) in [5.41, 5.74) is 0.842. The minimum absolute atomic E-state index is 0.0225. The summed E-state index contributed by atoms with van der Waals surface area (Å²) in [5.74, 6) is 0.404. The molecule has 0 aliphatic carbocycles. The lowest BCUT2D eigenvalue weighted by atomic mass is 10.0.